The summed E-state index contributed by atoms with van der Waals surface area (Å²) in [5.41, 5.74) is 12.6. The van der Waals surface area contributed by atoms with Crippen molar-refractivity contribution in [3.8, 4) is 28.1 Å². The van der Waals surface area contributed by atoms with Crippen molar-refractivity contribution in [1.29, 1.82) is 0 Å². The van der Waals surface area contributed by atoms with Crippen LogP contribution in [0.5, 0.6) is 5.75 Å². The molecular weight excluding hydrogens is 522 g/mol. The number of nitrogens with zero attached hydrogens (tertiary/aromatic N) is 1. The number of hydrogen-bond donors (Lipinski definition) is 2. The fraction of sp³-hybridized carbons (Fsp3) is 0.0714. The highest BCUT2D eigenvalue weighted by atomic mass is 79.9. The fourth-order valence-corrected chi connectivity index (χ4v) is 5.30. The summed E-state index contributed by atoms with van der Waals surface area (Å²) in [5, 5.41) is 3.73. The molecule has 5 rings (SSSR count). The summed E-state index contributed by atoms with van der Waals surface area (Å²) in [4.78, 5) is 19.3. The van der Waals surface area contributed by atoms with Gasteiger partial charge in [0.2, 0.25) is 0 Å². The van der Waals surface area contributed by atoms with Crippen molar-refractivity contribution in [1.82, 2.24) is 4.98 Å². The van der Waals surface area contributed by atoms with Gasteiger partial charge < -0.3 is 15.8 Å². The van der Waals surface area contributed by atoms with Crippen LogP contribution in [0.3, 0.4) is 0 Å². The van der Waals surface area contributed by atoms with E-state index in [1.165, 1.54) is 16.9 Å². The van der Waals surface area contributed by atoms with Crippen LogP contribution in [-0.2, 0) is 0 Å². The van der Waals surface area contributed by atoms with E-state index in [2.05, 4.69) is 52.4 Å². The van der Waals surface area contributed by atoms with Gasteiger partial charge in [-0.05, 0) is 64.3 Å². The lowest BCUT2D eigenvalue weighted by Gasteiger charge is -2.10. The predicted octanol–water partition coefficient (Wildman–Crippen LogP) is 7.54. The Hall–Kier alpha value is -3.68. The van der Waals surface area contributed by atoms with E-state index >= 15 is 0 Å². The molecular formula is C28H22BrN3O2S. The number of carbonyl (C=O) groups excluding carboxylic acids is 1. The van der Waals surface area contributed by atoms with Crippen molar-refractivity contribution < 1.29 is 9.53 Å². The van der Waals surface area contributed by atoms with Crippen molar-refractivity contribution >= 4 is 54.8 Å². The second-order valence-electron chi connectivity index (χ2n) is 8.11. The lowest BCUT2D eigenvalue weighted by Crippen LogP contribution is -2.12. The Morgan fingerprint density at radius 2 is 1.69 bits per heavy atom. The number of halogens is 1. The molecule has 1 amide bonds. The van der Waals surface area contributed by atoms with Crippen molar-refractivity contribution in [2.75, 3.05) is 18.2 Å². The number of aromatic nitrogens is 1. The second kappa shape index (κ2) is 9.52. The molecule has 0 fully saturated rings. The van der Waals surface area contributed by atoms with Crippen LogP contribution in [0.2, 0.25) is 0 Å². The molecule has 2 heterocycles. The van der Waals surface area contributed by atoms with Gasteiger partial charge in [0.05, 0.1) is 24.2 Å². The van der Waals surface area contributed by atoms with Crippen LogP contribution in [-0.4, -0.2) is 18.0 Å². The normalized spacial score (nSPS) is 10.9. The van der Waals surface area contributed by atoms with Crippen LogP contribution in [0, 0.1) is 6.92 Å². The highest BCUT2D eigenvalue weighted by Gasteiger charge is 2.22. The highest BCUT2D eigenvalue weighted by molar-refractivity contribution is 9.10. The molecule has 0 unspecified atom stereocenters. The Kier molecular flexibility index (Phi) is 6.28. The Bertz CT molecular complexity index is 1540. The van der Waals surface area contributed by atoms with E-state index in [9.17, 15) is 4.79 Å². The van der Waals surface area contributed by atoms with Crippen LogP contribution in [0.1, 0.15) is 15.2 Å². The van der Waals surface area contributed by atoms with Crippen molar-refractivity contribution in [2.24, 2.45) is 0 Å². The summed E-state index contributed by atoms with van der Waals surface area (Å²) in [5.74, 6) is 0.500. The number of amides is 1. The number of methoxy groups -OCH3 is 1. The molecule has 0 aliphatic carbocycles. The molecule has 0 saturated heterocycles. The molecule has 35 heavy (non-hydrogen) atoms. The number of ether oxygens (including phenoxy) is 1. The van der Waals surface area contributed by atoms with Crippen LogP contribution in [0.25, 0.3) is 32.6 Å². The van der Waals surface area contributed by atoms with Crippen LogP contribution < -0.4 is 15.8 Å². The molecule has 5 nitrogen and oxygen atoms in total. The average molecular weight is 544 g/mol. The van der Waals surface area contributed by atoms with Gasteiger partial charge in [-0.15, -0.1) is 11.3 Å². The molecule has 0 spiro atoms. The molecule has 2 aromatic heterocycles. The number of nitrogens with one attached hydrogen (secondary N) is 1. The zero-order valence-electron chi connectivity index (χ0n) is 19.1. The van der Waals surface area contributed by atoms with Crippen LogP contribution in [0.4, 0.5) is 11.4 Å². The molecule has 3 N–H and O–H groups in total. The Morgan fingerprint density at radius 1 is 1.00 bits per heavy atom. The topological polar surface area (TPSA) is 77.2 Å². The van der Waals surface area contributed by atoms with Gasteiger partial charge in [0, 0.05) is 15.4 Å². The monoisotopic (exact) mass is 543 g/mol. The molecule has 5 aromatic rings. The first kappa shape index (κ1) is 23.1. The third kappa shape index (κ3) is 4.52. The number of anilines is 2. The molecule has 7 heteroatoms. The van der Waals surface area contributed by atoms with Crippen molar-refractivity contribution in [2.45, 2.75) is 6.92 Å². The summed E-state index contributed by atoms with van der Waals surface area (Å²) in [6, 6.07) is 25.5. The number of benzene rings is 3. The molecule has 0 radical (unpaired) electrons. The minimum atomic E-state index is -0.269. The average Bonchev–Trinajstić information content (AvgIpc) is 3.22. The van der Waals surface area contributed by atoms with Gasteiger partial charge >= 0.3 is 0 Å². The van der Waals surface area contributed by atoms with Gasteiger partial charge in [0.25, 0.3) is 5.91 Å². The summed E-state index contributed by atoms with van der Waals surface area (Å²) in [6.07, 6.45) is 0. The van der Waals surface area contributed by atoms with Crippen LogP contribution in [0.15, 0.2) is 83.3 Å². The van der Waals surface area contributed by atoms with E-state index < -0.39 is 0 Å². The van der Waals surface area contributed by atoms with Gasteiger partial charge in [0.15, 0.2) is 0 Å². The van der Waals surface area contributed by atoms with Crippen LogP contribution >= 0.6 is 27.3 Å². The number of nitrogens with two attached hydrogens (primary N) is 1. The first-order valence-electron chi connectivity index (χ1n) is 10.9. The molecule has 0 saturated carbocycles. The SMILES string of the molecule is COc1ccc(-c2cc(-c3ccc(C)cc3)nc3sc(C(=O)Nc4ccccc4Br)c(N)c23)cc1. The zero-order chi connectivity index (χ0) is 24.5. The summed E-state index contributed by atoms with van der Waals surface area (Å²) >= 11 is 4.78. The molecule has 0 atom stereocenters. The number of rotatable bonds is 5. The number of hydrogen-bond acceptors (Lipinski definition) is 5. The lowest BCUT2D eigenvalue weighted by molar-refractivity contribution is 0.103. The number of nitrogen functional groups attached to an aromatic ring is 1. The Morgan fingerprint density at radius 3 is 2.37 bits per heavy atom. The zero-order valence-corrected chi connectivity index (χ0v) is 21.5. The second-order valence-corrected chi connectivity index (χ2v) is 9.96. The highest BCUT2D eigenvalue weighted by Crippen LogP contribution is 2.42. The number of thiophene rings is 1. The first-order chi connectivity index (χ1) is 16.9. The van der Waals surface area contributed by atoms with E-state index in [0.29, 0.717) is 21.1 Å². The summed E-state index contributed by atoms with van der Waals surface area (Å²) in [6.45, 7) is 2.05. The van der Waals surface area contributed by atoms with Gasteiger partial charge in [0.1, 0.15) is 15.5 Å². The number of carbonyl (C=O) groups is 1. The van der Waals surface area contributed by atoms with E-state index in [4.69, 9.17) is 15.5 Å². The van der Waals surface area contributed by atoms with Gasteiger partial charge in [-0.2, -0.15) is 0 Å². The van der Waals surface area contributed by atoms with Gasteiger partial charge in [-0.25, -0.2) is 4.98 Å². The largest absolute Gasteiger partial charge is 0.497 e. The molecule has 0 aliphatic rings. The maximum Gasteiger partial charge on any atom is 0.267 e. The maximum atomic E-state index is 13.2. The number of fused-ring (bicyclic) bond motifs is 1. The Balaban J connectivity index is 1.67. The fourth-order valence-electron chi connectivity index (χ4n) is 3.90. The smallest absolute Gasteiger partial charge is 0.267 e. The van der Waals surface area contributed by atoms with Gasteiger partial charge in [-0.3, -0.25) is 4.79 Å². The van der Waals surface area contributed by atoms with Crippen molar-refractivity contribution in [3.63, 3.8) is 0 Å². The molecule has 3 aromatic carbocycles. The third-order valence-electron chi connectivity index (χ3n) is 5.78. The Labute approximate surface area is 215 Å². The number of para-hydroxylation sites is 1. The molecule has 174 valence electrons. The number of pyridine rings is 1. The minimum absolute atomic E-state index is 0.269. The standard InChI is InChI=1S/C28H22BrN3O2S/c1-16-7-9-18(10-8-16)23-15-20(17-11-13-19(34-2)14-12-17)24-25(30)26(35-28(24)32-23)27(33)31-22-6-4-3-5-21(22)29/h3-15H,30H2,1-2H3,(H,31,33). The predicted molar refractivity (Wildman–Crippen MR) is 148 cm³/mol. The summed E-state index contributed by atoms with van der Waals surface area (Å²) in [7, 11) is 1.64. The molecule has 0 bridgehead atoms. The van der Waals surface area contributed by atoms with E-state index in [1.807, 2.05) is 54.6 Å². The third-order valence-corrected chi connectivity index (χ3v) is 7.57. The van der Waals surface area contributed by atoms with Gasteiger partial charge in [-0.1, -0.05) is 54.1 Å². The lowest BCUT2D eigenvalue weighted by atomic mass is 9.99. The minimum Gasteiger partial charge on any atom is -0.497 e. The summed E-state index contributed by atoms with van der Waals surface area (Å²) < 4.78 is 6.13. The maximum absolute atomic E-state index is 13.2. The van der Waals surface area contributed by atoms with E-state index in [-0.39, 0.29) is 5.91 Å². The first-order valence-corrected chi connectivity index (χ1v) is 12.6. The van der Waals surface area contributed by atoms with E-state index in [1.54, 1.807) is 7.11 Å². The van der Waals surface area contributed by atoms with Crippen molar-refractivity contribution in [3.05, 3.63) is 93.8 Å². The number of aryl methyl sites for hydroxylation is 1. The quantitative estimate of drug-likeness (QED) is 0.240. The molecule has 0 aliphatic heterocycles. The van der Waals surface area contributed by atoms with E-state index in [0.717, 1.165) is 38.0 Å².